The minimum atomic E-state index is -1.14. The summed E-state index contributed by atoms with van der Waals surface area (Å²) in [6.07, 6.45) is -3.15. The molecule has 17 nitrogen and oxygen atoms in total. The standard InChI is InChI=1S/C36H47N5O12/c1-35(2,3)52-31(43)37-17-18-38(34(46)53-36(4,5)6)27(20-37)22-39(33(45)51-28-15-13-25(14-16-28)41(47)48)26-19-29(30(42)49-7)40(21-26)32(44)50-23-24-11-9-8-10-12-24/h8-16,26-27,29H,17-23H2,1-7H3/t26-,27?,29+/m0/s1. The van der Waals surface area contributed by atoms with Crippen LogP contribution in [-0.4, -0.2) is 124 Å². The average molecular weight is 742 g/mol. The van der Waals surface area contributed by atoms with Crippen molar-refractivity contribution in [3.8, 4) is 5.75 Å². The summed E-state index contributed by atoms with van der Waals surface area (Å²) in [5, 5.41) is 11.2. The normalized spacial score (nSPS) is 18.8. The van der Waals surface area contributed by atoms with E-state index in [2.05, 4.69) is 0 Å². The highest BCUT2D eigenvalue weighted by atomic mass is 16.6. The minimum absolute atomic E-state index is 0.0183. The van der Waals surface area contributed by atoms with Crippen molar-refractivity contribution in [3.63, 3.8) is 0 Å². The number of esters is 1. The molecule has 2 heterocycles. The number of likely N-dealkylation sites (tertiary alicyclic amines) is 1. The third kappa shape index (κ3) is 11.2. The minimum Gasteiger partial charge on any atom is -0.467 e. The summed E-state index contributed by atoms with van der Waals surface area (Å²) in [6.45, 7) is 9.90. The molecule has 4 amide bonds. The number of nitro groups is 1. The van der Waals surface area contributed by atoms with Gasteiger partial charge in [-0.15, -0.1) is 0 Å². The Labute approximate surface area is 307 Å². The van der Waals surface area contributed by atoms with E-state index < -0.39 is 64.6 Å². The lowest BCUT2D eigenvalue weighted by Crippen LogP contribution is -2.62. The van der Waals surface area contributed by atoms with Crippen LogP contribution in [0.25, 0.3) is 0 Å². The van der Waals surface area contributed by atoms with E-state index >= 15 is 0 Å². The zero-order valence-corrected chi connectivity index (χ0v) is 31.0. The molecule has 0 saturated carbocycles. The molecule has 2 aliphatic heterocycles. The molecule has 288 valence electrons. The van der Waals surface area contributed by atoms with Crippen LogP contribution in [0.2, 0.25) is 0 Å². The molecule has 2 aromatic carbocycles. The molecule has 53 heavy (non-hydrogen) atoms. The van der Waals surface area contributed by atoms with Gasteiger partial charge in [0.1, 0.15) is 29.6 Å². The van der Waals surface area contributed by atoms with E-state index in [4.69, 9.17) is 23.7 Å². The second-order valence-corrected chi connectivity index (χ2v) is 14.6. The Morgan fingerprint density at radius 3 is 2.04 bits per heavy atom. The highest BCUT2D eigenvalue weighted by Crippen LogP contribution is 2.28. The molecule has 0 aromatic heterocycles. The number of benzene rings is 2. The zero-order chi connectivity index (χ0) is 39.1. The monoisotopic (exact) mass is 741 g/mol. The van der Waals surface area contributed by atoms with Gasteiger partial charge in [-0.1, -0.05) is 30.3 Å². The zero-order valence-electron chi connectivity index (χ0n) is 31.0. The molecule has 2 aliphatic rings. The van der Waals surface area contributed by atoms with Crippen LogP contribution in [0.15, 0.2) is 54.6 Å². The molecule has 17 heteroatoms. The number of carbonyl (C=O) groups excluding carboxylic acids is 5. The predicted octanol–water partition coefficient (Wildman–Crippen LogP) is 5.20. The molecule has 0 spiro atoms. The number of nitro benzene ring substituents is 1. The molecule has 0 aliphatic carbocycles. The third-order valence-corrected chi connectivity index (χ3v) is 8.29. The maximum absolute atomic E-state index is 14.1. The first-order valence-corrected chi connectivity index (χ1v) is 17.1. The summed E-state index contributed by atoms with van der Waals surface area (Å²) in [4.78, 5) is 83.2. The maximum atomic E-state index is 14.1. The molecular weight excluding hydrogens is 694 g/mol. The van der Waals surface area contributed by atoms with Crippen molar-refractivity contribution in [3.05, 3.63) is 70.3 Å². The maximum Gasteiger partial charge on any atom is 0.415 e. The number of ether oxygens (including phenoxy) is 5. The summed E-state index contributed by atoms with van der Waals surface area (Å²) >= 11 is 0. The Morgan fingerprint density at radius 2 is 1.45 bits per heavy atom. The van der Waals surface area contributed by atoms with E-state index in [9.17, 15) is 34.1 Å². The first-order valence-electron chi connectivity index (χ1n) is 17.1. The van der Waals surface area contributed by atoms with Crippen molar-refractivity contribution >= 4 is 36.0 Å². The van der Waals surface area contributed by atoms with E-state index in [0.29, 0.717) is 5.56 Å². The van der Waals surface area contributed by atoms with Gasteiger partial charge in [-0.25, -0.2) is 24.0 Å². The lowest BCUT2D eigenvalue weighted by molar-refractivity contribution is -0.384. The third-order valence-electron chi connectivity index (χ3n) is 8.29. The van der Waals surface area contributed by atoms with Crippen LogP contribution in [-0.2, 0) is 30.3 Å². The first-order chi connectivity index (χ1) is 24.8. The van der Waals surface area contributed by atoms with Crippen molar-refractivity contribution in [2.75, 3.05) is 39.8 Å². The number of non-ortho nitro benzene ring substituents is 1. The van der Waals surface area contributed by atoms with Gasteiger partial charge in [-0.05, 0) is 59.2 Å². The van der Waals surface area contributed by atoms with Gasteiger partial charge in [-0.2, -0.15) is 0 Å². The Balaban J connectivity index is 1.68. The number of amides is 4. The van der Waals surface area contributed by atoms with Crippen molar-refractivity contribution in [2.45, 2.75) is 83.9 Å². The fourth-order valence-corrected chi connectivity index (χ4v) is 5.86. The quantitative estimate of drug-likeness (QED) is 0.149. The van der Waals surface area contributed by atoms with E-state index in [1.165, 1.54) is 51.0 Å². The van der Waals surface area contributed by atoms with Crippen LogP contribution in [0.4, 0.5) is 24.9 Å². The SMILES string of the molecule is COC(=O)[C@H]1C[C@H](N(CC2CN(C(=O)OC(C)(C)C)CCN2C(=O)OC(C)(C)C)C(=O)Oc2ccc([N+](=O)[O-])cc2)CN1C(=O)OCc1ccccc1. The summed E-state index contributed by atoms with van der Waals surface area (Å²) < 4.78 is 27.5. The number of hydrogen-bond donors (Lipinski definition) is 0. The molecule has 0 bridgehead atoms. The van der Waals surface area contributed by atoms with Gasteiger partial charge in [0, 0.05) is 51.3 Å². The van der Waals surface area contributed by atoms with Crippen LogP contribution < -0.4 is 4.74 Å². The molecule has 2 aromatic rings. The fourth-order valence-electron chi connectivity index (χ4n) is 5.86. The largest absolute Gasteiger partial charge is 0.467 e. The summed E-state index contributed by atoms with van der Waals surface area (Å²) in [7, 11) is 1.18. The number of piperazine rings is 1. The van der Waals surface area contributed by atoms with Crippen LogP contribution in [0.3, 0.4) is 0 Å². The van der Waals surface area contributed by atoms with E-state index in [1.54, 1.807) is 65.8 Å². The van der Waals surface area contributed by atoms with Gasteiger partial charge < -0.3 is 33.5 Å². The topological polar surface area (TPSA) is 188 Å². The average Bonchev–Trinajstić information content (AvgIpc) is 3.53. The Bertz CT molecular complexity index is 1640. The van der Waals surface area contributed by atoms with Crippen LogP contribution >= 0.6 is 0 Å². The lowest BCUT2D eigenvalue weighted by atomic mass is 10.1. The summed E-state index contributed by atoms with van der Waals surface area (Å²) in [5.41, 5.74) is -1.17. The van der Waals surface area contributed by atoms with Gasteiger partial charge in [-0.3, -0.25) is 19.9 Å². The molecule has 2 saturated heterocycles. The van der Waals surface area contributed by atoms with E-state index in [-0.39, 0.29) is 57.2 Å². The number of hydrogen-bond acceptors (Lipinski definition) is 12. The van der Waals surface area contributed by atoms with Crippen LogP contribution in [0.5, 0.6) is 5.75 Å². The number of nitrogens with zero attached hydrogens (tertiary/aromatic N) is 5. The van der Waals surface area contributed by atoms with Crippen molar-refractivity contribution < 1.29 is 52.6 Å². The Morgan fingerprint density at radius 1 is 0.830 bits per heavy atom. The summed E-state index contributed by atoms with van der Waals surface area (Å²) in [6, 6.07) is 10.9. The second kappa shape index (κ2) is 16.8. The van der Waals surface area contributed by atoms with E-state index in [0.717, 1.165) is 0 Å². The molecule has 0 radical (unpaired) electrons. The van der Waals surface area contributed by atoms with Crippen molar-refractivity contribution in [1.82, 2.24) is 19.6 Å². The second-order valence-electron chi connectivity index (χ2n) is 14.6. The van der Waals surface area contributed by atoms with Gasteiger partial charge >= 0.3 is 30.3 Å². The fraction of sp³-hybridized carbons (Fsp3) is 0.528. The Hall–Kier alpha value is -5.61. The lowest BCUT2D eigenvalue weighted by Gasteiger charge is -2.44. The van der Waals surface area contributed by atoms with Crippen LogP contribution in [0.1, 0.15) is 53.5 Å². The van der Waals surface area contributed by atoms with Crippen molar-refractivity contribution in [2.24, 2.45) is 0 Å². The van der Waals surface area contributed by atoms with E-state index in [1.807, 2.05) is 6.07 Å². The molecule has 1 unspecified atom stereocenters. The number of methoxy groups -OCH3 is 1. The smallest absolute Gasteiger partial charge is 0.415 e. The van der Waals surface area contributed by atoms with Gasteiger partial charge in [0.15, 0.2) is 0 Å². The van der Waals surface area contributed by atoms with Gasteiger partial charge in [0.25, 0.3) is 5.69 Å². The van der Waals surface area contributed by atoms with Crippen molar-refractivity contribution in [1.29, 1.82) is 0 Å². The highest BCUT2D eigenvalue weighted by Gasteiger charge is 2.47. The van der Waals surface area contributed by atoms with Gasteiger partial charge in [0.05, 0.1) is 24.1 Å². The molecule has 2 fully saturated rings. The number of carbonyl (C=O) groups is 5. The molecule has 0 N–H and O–H groups in total. The predicted molar refractivity (Wildman–Crippen MR) is 188 cm³/mol. The van der Waals surface area contributed by atoms with Gasteiger partial charge in [0.2, 0.25) is 0 Å². The molecule has 4 rings (SSSR count). The highest BCUT2D eigenvalue weighted by molar-refractivity contribution is 5.83. The molecule has 3 atom stereocenters. The Kier molecular flexibility index (Phi) is 12.7. The number of rotatable bonds is 8. The van der Waals surface area contributed by atoms with Crippen LogP contribution in [0, 0.1) is 10.1 Å². The first kappa shape index (κ1) is 40.2. The summed E-state index contributed by atoms with van der Waals surface area (Å²) in [5.74, 6) is -0.757. The molecular formula is C36H47N5O12.